The zero-order chi connectivity index (χ0) is 18.4. The molecule has 0 aliphatic carbocycles. The van der Waals surface area contributed by atoms with Gasteiger partial charge in [-0.2, -0.15) is 0 Å². The molecule has 1 aromatic carbocycles. The topological polar surface area (TPSA) is 69.0 Å². The molecule has 25 heavy (non-hydrogen) atoms. The number of Topliss-reactive ketones (excluding diaryl/α,β-unsaturated/α-hetero) is 1. The second-order valence-corrected chi connectivity index (χ2v) is 5.76. The lowest BCUT2D eigenvalue weighted by atomic mass is 10.1. The average Bonchev–Trinajstić information content (AvgIpc) is 3.03. The third kappa shape index (κ3) is 4.86. The Bertz CT molecular complexity index is 750. The Morgan fingerprint density at radius 2 is 1.76 bits per heavy atom. The van der Waals surface area contributed by atoms with Gasteiger partial charge in [0.25, 0.3) is 0 Å². The van der Waals surface area contributed by atoms with Gasteiger partial charge in [-0.05, 0) is 37.3 Å². The zero-order valence-corrected chi connectivity index (χ0v) is 15.0. The minimum Gasteiger partial charge on any atom is -0.493 e. The summed E-state index contributed by atoms with van der Waals surface area (Å²) >= 11 is 0. The fourth-order valence-corrected chi connectivity index (χ4v) is 2.46. The van der Waals surface area contributed by atoms with Gasteiger partial charge in [-0.1, -0.05) is 0 Å². The van der Waals surface area contributed by atoms with Crippen molar-refractivity contribution < 1.29 is 23.5 Å². The summed E-state index contributed by atoms with van der Waals surface area (Å²) < 4.78 is 15.8. The Labute approximate surface area is 147 Å². The highest BCUT2D eigenvalue weighted by atomic mass is 16.5. The van der Waals surface area contributed by atoms with E-state index in [0.717, 1.165) is 11.5 Å². The standard InChI is InChI=1S/C19H23NO5/c1-13-5-7-15(25-13)12-20(2)19(22)10-8-16(21)14-6-9-17(23-3)18(11-14)24-4/h5-7,9,11H,8,10,12H2,1-4H3. The Morgan fingerprint density at radius 1 is 1.04 bits per heavy atom. The van der Waals surface area contributed by atoms with Crippen molar-refractivity contribution in [3.05, 3.63) is 47.4 Å². The van der Waals surface area contributed by atoms with Gasteiger partial charge in [0.2, 0.25) is 5.91 Å². The van der Waals surface area contributed by atoms with Crippen molar-refractivity contribution in [3.63, 3.8) is 0 Å². The zero-order valence-electron chi connectivity index (χ0n) is 15.0. The minimum atomic E-state index is -0.114. The number of amides is 1. The minimum absolute atomic E-state index is 0.108. The van der Waals surface area contributed by atoms with Gasteiger partial charge in [-0.15, -0.1) is 0 Å². The lowest BCUT2D eigenvalue weighted by Crippen LogP contribution is -2.26. The van der Waals surface area contributed by atoms with Crippen molar-refractivity contribution in [2.24, 2.45) is 0 Å². The molecule has 1 heterocycles. The maximum Gasteiger partial charge on any atom is 0.223 e. The van der Waals surface area contributed by atoms with Crippen LogP contribution in [0.4, 0.5) is 0 Å². The van der Waals surface area contributed by atoms with E-state index in [2.05, 4.69) is 0 Å². The van der Waals surface area contributed by atoms with Crippen LogP contribution in [0.5, 0.6) is 11.5 Å². The first-order chi connectivity index (χ1) is 11.9. The van der Waals surface area contributed by atoms with Gasteiger partial charge in [0, 0.05) is 25.5 Å². The number of carbonyl (C=O) groups excluding carboxylic acids is 2. The Hall–Kier alpha value is -2.76. The first-order valence-corrected chi connectivity index (χ1v) is 7.99. The van der Waals surface area contributed by atoms with Crippen molar-refractivity contribution in [1.29, 1.82) is 0 Å². The normalized spacial score (nSPS) is 10.4. The number of aryl methyl sites for hydroxylation is 1. The van der Waals surface area contributed by atoms with E-state index in [0.29, 0.717) is 23.6 Å². The largest absolute Gasteiger partial charge is 0.493 e. The van der Waals surface area contributed by atoms with E-state index in [9.17, 15) is 9.59 Å². The summed E-state index contributed by atoms with van der Waals surface area (Å²) in [7, 11) is 4.75. The molecule has 0 fully saturated rings. The van der Waals surface area contributed by atoms with Crippen molar-refractivity contribution in [1.82, 2.24) is 4.90 Å². The molecule has 0 atom stereocenters. The third-order valence-corrected chi connectivity index (χ3v) is 3.89. The van der Waals surface area contributed by atoms with Crippen molar-refractivity contribution in [3.8, 4) is 11.5 Å². The number of hydrogen-bond acceptors (Lipinski definition) is 5. The summed E-state index contributed by atoms with van der Waals surface area (Å²) in [5.41, 5.74) is 0.495. The Kier molecular flexibility index (Phi) is 6.22. The number of methoxy groups -OCH3 is 2. The van der Waals surface area contributed by atoms with Crippen LogP contribution < -0.4 is 9.47 Å². The van der Waals surface area contributed by atoms with Crippen LogP contribution >= 0.6 is 0 Å². The van der Waals surface area contributed by atoms with Gasteiger partial charge >= 0.3 is 0 Å². The summed E-state index contributed by atoms with van der Waals surface area (Å²) in [6, 6.07) is 8.67. The summed E-state index contributed by atoms with van der Waals surface area (Å²) in [5, 5.41) is 0. The molecule has 0 aliphatic rings. The lowest BCUT2D eigenvalue weighted by molar-refractivity contribution is -0.130. The number of furan rings is 1. The molecule has 2 aromatic rings. The predicted molar refractivity (Wildman–Crippen MR) is 93.0 cm³/mol. The van der Waals surface area contributed by atoms with E-state index in [1.54, 1.807) is 30.1 Å². The highest BCUT2D eigenvalue weighted by Gasteiger charge is 2.15. The highest BCUT2D eigenvalue weighted by Crippen LogP contribution is 2.28. The maximum atomic E-state index is 12.3. The molecule has 0 spiro atoms. The SMILES string of the molecule is COc1ccc(C(=O)CCC(=O)N(C)Cc2ccc(C)o2)cc1OC. The van der Waals surface area contributed by atoms with E-state index in [-0.39, 0.29) is 24.5 Å². The first-order valence-electron chi connectivity index (χ1n) is 7.99. The Morgan fingerprint density at radius 3 is 2.36 bits per heavy atom. The second kappa shape index (κ2) is 8.37. The molecule has 2 rings (SSSR count). The highest BCUT2D eigenvalue weighted by molar-refractivity contribution is 5.98. The van der Waals surface area contributed by atoms with Crippen molar-refractivity contribution in [2.45, 2.75) is 26.3 Å². The molecule has 0 saturated carbocycles. The molecular formula is C19H23NO5. The molecule has 1 aromatic heterocycles. The quantitative estimate of drug-likeness (QED) is 0.687. The number of carbonyl (C=O) groups is 2. The van der Waals surface area contributed by atoms with Crippen LogP contribution in [0.25, 0.3) is 0 Å². The number of benzene rings is 1. The Balaban J connectivity index is 1.91. The van der Waals surface area contributed by atoms with Gasteiger partial charge in [-0.3, -0.25) is 9.59 Å². The first kappa shape index (κ1) is 18.6. The molecule has 0 N–H and O–H groups in total. The van der Waals surface area contributed by atoms with Gasteiger partial charge in [0.1, 0.15) is 11.5 Å². The molecule has 0 radical (unpaired) electrons. The predicted octanol–water partition coefficient (Wildman–Crippen LogP) is 3.23. The van der Waals surface area contributed by atoms with Gasteiger partial charge in [-0.25, -0.2) is 0 Å². The molecule has 0 aliphatic heterocycles. The summed E-state index contributed by atoms with van der Waals surface area (Å²) in [5.74, 6) is 2.35. The van der Waals surface area contributed by atoms with Crippen molar-refractivity contribution in [2.75, 3.05) is 21.3 Å². The fraction of sp³-hybridized carbons (Fsp3) is 0.368. The lowest BCUT2D eigenvalue weighted by Gasteiger charge is -2.15. The number of rotatable bonds is 8. The molecular weight excluding hydrogens is 322 g/mol. The maximum absolute atomic E-state index is 12.3. The van der Waals surface area contributed by atoms with Gasteiger partial charge < -0.3 is 18.8 Å². The van der Waals surface area contributed by atoms with Crippen LogP contribution in [-0.4, -0.2) is 37.9 Å². The number of ketones is 1. The van der Waals surface area contributed by atoms with E-state index < -0.39 is 0 Å². The van der Waals surface area contributed by atoms with E-state index in [1.807, 2.05) is 19.1 Å². The van der Waals surface area contributed by atoms with Crippen LogP contribution in [0.2, 0.25) is 0 Å². The monoisotopic (exact) mass is 345 g/mol. The molecule has 0 bridgehead atoms. The molecule has 6 nitrogen and oxygen atoms in total. The number of hydrogen-bond donors (Lipinski definition) is 0. The van der Waals surface area contributed by atoms with Crippen LogP contribution in [-0.2, 0) is 11.3 Å². The van der Waals surface area contributed by atoms with E-state index in [1.165, 1.54) is 14.2 Å². The molecule has 0 unspecified atom stereocenters. The molecule has 6 heteroatoms. The van der Waals surface area contributed by atoms with Gasteiger partial charge in [0.15, 0.2) is 17.3 Å². The third-order valence-electron chi connectivity index (χ3n) is 3.89. The number of ether oxygens (including phenoxy) is 2. The van der Waals surface area contributed by atoms with Crippen molar-refractivity contribution >= 4 is 11.7 Å². The van der Waals surface area contributed by atoms with E-state index >= 15 is 0 Å². The molecule has 1 amide bonds. The molecule has 134 valence electrons. The second-order valence-electron chi connectivity index (χ2n) is 5.76. The summed E-state index contributed by atoms with van der Waals surface area (Å²) in [4.78, 5) is 26.1. The summed E-state index contributed by atoms with van der Waals surface area (Å²) in [6.07, 6.45) is 0.277. The average molecular weight is 345 g/mol. The van der Waals surface area contributed by atoms with Crippen LogP contribution in [0.3, 0.4) is 0 Å². The van der Waals surface area contributed by atoms with Crippen LogP contribution in [0, 0.1) is 6.92 Å². The van der Waals surface area contributed by atoms with Crippen LogP contribution in [0.1, 0.15) is 34.7 Å². The summed E-state index contributed by atoms with van der Waals surface area (Å²) in [6.45, 7) is 2.24. The van der Waals surface area contributed by atoms with Gasteiger partial charge in [0.05, 0.1) is 20.8 Å². The van der Waals surface area contributed by atoms with E-state index in [4.69, 9.17) is 13.9 Å². The number of nitrogens with zero attached hydrogens (tertiary/aromatic N) is 1. The fourth-order valence-electron chi connectivity index (χ4n) is 2.46. The smallest absolute Gasteiger partial charge is 0.223 e. The van der Waals surface area contributed by atoms with Crippen LogP contribution in [0.15, 0.2) is 34.7 Å². The molecule has 0 saturated heterocycles.